The number of carboxylic acid groups (broad SMARTS) is 1. The summed E-state index contributed by atoms with van der Waals surface area (Å²) in [5, 5.41) is 21.7. The number of hydrogen-bond donors (Lipinski definition) is 4. The van der Waals surface area contributed by atoms with Crippen molar-refractivity contribution >= 4 is 17.7 Å². The van der Waals surface area contributed by atoms with Crippen LogP contribution in [0.4, 0.5) is 14.9 Å². The molecule has 0 aliphatic rings. The number of aliphatic hydroxyl groups is 1. The molecule has 0 saturated heterocycles. The van der Waals surface area contributed by atoms with Crippen LogP contribution in [0.15, 0.2) is 18.2 Å². The molecule has 0 heterocycles. The topological polar surface area (TPSA) is 98.7 Å². The Balaban J connectivity index is 2.64. The minimum atomic E-state index is -1.38. The second kappa shape index (κ2) is 5.97. The smallest absolute Gasteiger partial charge is 0.328 e. The van der Waals surface area contributed by atoms with Crippen molar-refractivity contribution in [1.82, 2.24) is 5.32 Å². The van der Waals surface area contributed by atoms with Crippen LogP contribution >= 0.6 is 0 Å². The maximum atomic E-state index is 13.0. The molecule has 0 fully saturated rings. The molecule has 4 N–H and O–H groups in total. The molecule has 0 spiro atoms. The van der Waals surface area contributed by atoms with Gasteiger partial charge >= 0.3 is 12.0 Å². The Morgan fingerprint density at radius 2 is 2.11 bits per heavy atom. The third-order valence-corrected chi connectivity index (χ3v) is 2.20. The Bertz CT molecular complexity index is 464. The van der Waals surface area contributed by atoms with Crippen molar-refractivity contribution in [2.45, 2.75) is 13.0 Å². The Kier molecular flexibility index (Phi) is 4.61. The molecule has 0 bridgehead atoms. The maximum absolute atomic E-state index is 13.0. The number of aliphatic carboxylic acids is 1. The van der Waals surface area contributed by atoms with Gasteiger partial charge in [0.2, 0.25) is 0 Å². The monoisotopic (exact) mass is 256 g/mol. The average Bonchev–Trinajstić information content (AvgIpc) is 2.30. The summed E-state index contributed by atoms with van der Waals surface area (Å²) in [7, 11) is 0. The summed E-state index contributed by atoms with van der Waals surface area (Å²) >= 11 is 0. The van der Waals surface area contributed by atoms with Crippen molar-refractivity contribution in [2.24, 2.45) is 0 Å². The molecule has 0 saturated carbocycles. The Hall–Kier alpha value is -2.15. The van der Waals surface area contributed by atoms with E-state index in [0.29, 0.717) is 11.3 Å². The van der Waals surface area contributed by atoms with E-state index in [9.17, 15) is 14.0 Å². The lowest BCUT2D eigenvalue weighted by molar-refractivity contribution is -0.140. The standard InChI is InChI=1S/C11H13FN2O4/c1-6-4-7(2-3-8(6)12)13-11(18)14-9(5-15)10(16)17/h2-4,9,15H,5H2,1H3,(H,16,17)(H2,13,14,18)/t9-/m1/s1. The van der Waals surface area contributed by atoms with E-state index >= 15 is 0 Å². The number of halogens is 1. The molecule has 0 radical (unpaired) electrons. The largest absolute Gasteiger partial charge is 0.480 e. The van der Waals surface area contributed by atoms with Crippen LogP contribution in [0.2, 0.25) is 0 Å². The van der Waals surface area contributed by atoms with Crippen molar-refractivity contribution in [3.63, 3.8) is 0 Å². The summed E-state index contributed by atoms with van der Waals surface area (Å²) in [6.45, 7) is 0.817. The van der Waals surface area contributed by atoms with Gasteiger partial charge in [-0.3, -0.25) is 0 Å². The lowest BCUT2D eigenvalue weighted by Crippen LogP contribution is -2.45. The quantitative estimate of drug-likeness (QED) is 0.637. The normalized spacial score (nSPS) is 11.7. The van der Waals surface area contributed by atoms with Crippen molar-refractivity contribution in [1.29, 1.82) is 0 Å². The maximum Gasteiger partial charge on any atom is 0.328 e. The first kappa shape index (κ1) is 13.9. The fourth-order valence-corrected chi connectivity index (χ4v) is 1.23. The number of hydrogen-bond acceptors (Lipinski definition) is 3. The van der Waals surface area contributed by atoms with E-state index in [2.05, 4.69) is 10.6 Å². The molecule has 1 aromatic rings. The molecule has 0 aliphatic carbocycles. The number of urea groups is 1. The molecule has 7 heteroatoms. The number of carboxylic acids is 1. The molecule has 6 nitrogen and oxygen atoms in total. The number of aliphatic hydroxyl groups excluding tert-OH is 1. The van der Waals surface area contributed by atoms with Gasteiger partial charge in [0.25, 0.3) is 0 Å². The number of anilines is 1. The minimum Gasteiger partial charge on any atom is -0.480 e. The van der Waals surface area contributed by atoms with Crippen LogP contribution in [0.3, 0.4) is 0 Å². The van der Waals surface area contributed by atoms with Crippen LogP contribution in [0, 0.1) is 12.7 Å². The van der Waals surface area contributed by atoms with E-state index in [0.717, 1.165) is 0 Å². The lowest BCUT2D eigenvalue weighted by atomic mass is 10.2. The number of rotatable bonds is 4. The highest BCUT2D eigenvalue weighted by Crippen LogP contribution is 2.13. The Labute approximate surface area is 102 Å². The van der Waals surface area contributed by atoms with E-state index in [4.69, 9.17) is 10.2 Å². The van der Waals surface area contributed by atoms with Crippen molar-refractivity contribution in [3.05, 3.63) is 29.6 Å². The fourth-order valence-electron chi connectivity index (χ4n) is 1.23. The summed E-state index contributed by atoms with van der Waals surface area (Å²) in [6.07, 6.45) is 0. The van der Waals surface area contributed by atoms with Crippen LogP contribution in [-0.4, -0.2) is 34.9 Å². The first-order valence-electron chi connectivity index (χ1n) is 5.11. The van der Waals surface area contributed by atoms with Crippen molar-refractivity contribution in [2.75, 3.05) is 11.9 Å². The van der Waals surface area contributed by atoms with Crippen molar-refractivity contribution < 1.29 is 24.2 Å². The Morgan fingerprint density at radius 1 is 1.44 bits per heavy atom. The number of benzene rings is 1. The summed E-state index contributed by atoms with van der Waals surface area (Å²) < 4.78 is 13.0. The van der Waals surface area contributed by atoms with Gasteiger partial charge in [-0.05, 0) is 30.7 Å². The zero-order chi connectivity index (χ0) is 13.7. The third kappa shape index (κ3) is 3.70. The highest BCUT2D eigenvalue weighted by molar-refractivity contribution is 5.92. The van der Waals surface area contributed by atoms with Gasteiger partial charge in [0.05, 0.1) is 6.61 Å². The molecule has 0 aromatic heterocycles. The summed E-state index contributed by atoms with van der Waals surface area (Å²) in [4.78, 5) is 22.0. The second-order valence-corrected chi connectivity index (χ2v) is 3.64. The molecule has 1 atom stereocenters. The second-order valence-electron chi connectivity index (χ2n) is 3.64. The van der Waals surface area contributed by atoms with Gasteiger partial charge in [-0.1, -0.05) is 0 Å². The van der Waals surface area contributed by atoms with Crippen LogP contribution in [0.5, 0.6) is 0 Å². The van der Waals surface area contributed by atoms with E-state index in [1.54, 1.807) is 0 Å². The van der Waals surface area contributed by atoms with E-state index in [-0.39, 0.29) is 0 Å². The molecule has 1 aromatic carbocycles. The number of aryl methyl sites for hydroxylation is 1. The zero-order valence-corrected chi connectivity index (χ0v) is 9.61. The molecule has 2 amide bonds. The van der Waals surface area contributed by atoms with E-state index in [1.807, 2.05) is 0 Å². The summed E-state index contributed by atoms with van der Waals surface area (Å²) in [5.74, 6) is -1.75. The number of nitrogens with one attached hydrogen (secondary N) is 2. The molecule has 98 valence electrons. The molecule has 0 unspecified atom stereocenters. The van der Waals surface area contributed by atoms with Gasteiger partial charge < -0.3 is 20.8 Å². The van der Waals surface area contributed by atoms with Gasteiger partial charge in [-0.25, -0.2) is 14.0 Å². The van der Waals surface area contributed by atoms with Gasteiger partial charge in [0, 0.05) is 5.69 Å². The first-order valence-corrected chi connectivity index (χ1v) is 5.11. The van der Waals surface area contributed by atoms with E-state index < -0.39 is 30.5 Å². The fraction of sp³-hybridized carbons (Fsp3) is 0.273. The van der Waals surface area contributed by atoms with Crippen LogP contribution in [0.1, 0.15) is 5.56 Å². The van der Waals surface area contributed by atoms with Crippen LogP contribution in [0.25, 0.3) is 0 Å². The predicted molar refractivity (Wildman–Crippen MR) is 61.8 cm³/mol. The van der Waals surface area contributed by atoms with E-state index in [1.165, 1.54) is 25.1 Å². The van der Waals surface area contributed by atoms with Gasteiger partial charge in [0.15, 0.2) is 6.04 Å². The van der Waals surface area contributed by atoms with Crippen LogP contribution < -0.4 is 10.6 Å². The minimum absolute atomic E-state index is 0.327. The Morgan fingerprint density at radius 3 is 2.61 bits per heavy atom. The summed E-state index contributed by atoms with van der Waals surface area (Å²) in [6, 6.07) is 1.76. The number of amides is 2. The van der Waals surface area contributed by atoms with Crippen LogP contribution in [-0.2, 0) is 4.79 Å². The average molecular weight is 256 g/mol. The lowest BCUT2D eigenvalue weighted by Gasteiger charge is -2.12. The molecule has 18 heavy (non-hydrogen) atoms. The number of carbonyl (C=O) groups excluding carboxylic acids is 1. The van der Waals surface area contributed by atoms with Crippen molar-refractivity contribution in [3.8, 4) is 0 Å². The molecule has 1 rings (SSSR count). The molecule has 0 aliphatic heterocycles. The summed E-state index contributed by atoms with van der Waals surface area (Å²) in [5.41, 5.74) is 0.679. The van der Waals surface area contributed by atoms with Gasteiger partial charge in [-0.2, -0.15) is 0 Å². The van der Waals surface area contributed by atoms with Gasteiger partial charge in [-0.15, -0.1) is 0 Å². The third-order valence-electron chi connectivity index (χ3n) is 2.20. The van der Waals surface area contributed by atoms with Gasteiger partial charge in [0.1, 0.15) is 5.82 Å². The highest BCUT2D eigenvalue weighted by atomic mass is 19.1. The predicted octanol–water partition coefficient (Wildman–Crippen LogP) is 0.701. The molecular weight excluding hydrogens is 243 g/mol. The first-order chi connectivity index (χ1) is 8.43. The highest BCUT2D eigenvalue weighted by Gasteiger charge is 2.18. The SMILES string of the molecule is Cc1cc(NC(=O)N[C@H](CO)C(=O)O)ccc1F. The zero-order valence-electron chi connectivity index (χ0n) is 9.61. The molecular formula is C11H13FN2O4. The number of carbonyl (C=O) groups is 2.